The number of methoxy groups -OCH3 is 1. The van der Waals surface area contributed by atoms with Crippen LogP contribution in [0.15, 0.2) is 59.8 Å². The van der Waals surface area contributed by atoms with E-state index in [4.69, 9.17) is 16.3 Å². The molecule has 0 radical (unpaired) electrons. The Kier molecular flexibility index (Phi) is 4.46. The highest BCUT2D eigenvalue weighted by Crippen LogP contribution is 2.28. The molecule has 0 saturated heterocycles. The van der Waals surface area contributed by atoms with Crippen molar-refractivity contribution in [1.82, 2.24) is 9.97 Å². The summed E-state index contributed by atoms with van der Waals surface area (Å²) in [7, 11) is -2.40. The van der Waals surface area contributed by atoms with Gasteiger partial charge in [-0.1, -0.05) is 41.9 Å². The molecule has 24 heavy (non-hydrogen) atoms. The zero-order valence-electron chi connectivity index (χ0n) is 12.7. The van der Waals surface area contributed by atoms with Gasteiger partial charge in [0.1, 0.15) is 4.90 Å². The Morgan fingerprint density at radius 2 is 1.96 bits per heavy atom. The van der Waals surface area contributed by atoms with Crippen molar-refractivity contribution in [2.24, 2.45) is 0 Å². The lowest BCUT2D eigenvalue weighted by Crippen LogP contribution is -2.14. The summed E-state index contributed by atoms with van der Waals surface area (Å²) in [5.41, 5.74) is 1.59. The highest BCUT2D eigenvalue weighted by molar-refractivity contribution is 7.92. The van der Waals surface area contributed by atoms with Crippen LogP contribution in [0.3, 0.4) is 0 Å². The van der Waals surface area contributed by atoms with Crippen LogP contribution < -0.4 is 9.46 Å². The minimum atomic E-state index is -3.81. The van der Waals surface area contributed by atoms with Crippen LogP contribution in [-0.4, -0.2) is 25.5 Å². The standard InChI is InChI=1S/C16H14ClN3O3S/c1-23-15-7-12(17)9-19-16(15)20-24(21,22)13-8-14(18-10-13)11-5-3-2-4-6-11/h2-10,18H,1H3,(H,19,20). The van der Waals surface area contributed by atoms with Crippen LogP contribution in [-0.2, 0) is 10.0 Å². The minimum absolute atomic E-state index is 0.0735. The number of nitrogens with one attached hydrogen (secondary N) is 2. The molecule has 0 spiro atoms. The largest absolute Gasteiger partial charge is 0.493 e. The van der Waals surface area contributed by atoms with Crippen LogP contribution in [0.1, 0.15) is 0 Å². The third kappa shape index (κ3) is 3.37. The highest BCUT2D eigenvalue weighted by Gasteiger charge is 2.19. The maximum absolute atomic E-state index is 12.5. The topological polar surface area (TPSA) is 84.1 Å². The molecule has 0 unspecified atom stereocenters. The number of ether oxygens (including phenoxy) is 1. The predicted molar refractivity (Wildman–Crippen MR) is 92.8 cm³/mol. The lowest BCUT2D eigenvalue weighted by molar-refractivity contribution is 0.415. The van der Waals surface area contributed by atoms with Crippen LogP contribution >= 0.6 is 11.6 Å². The van der Waals surface area contributed by atoms with E-state index in [-0.39, 0.29) is 16.5 Å². The molecular weight excluding hydrogens is 350 g/mol. The van der Waals surface area contributed by atoms with Crippen LogP contribution in [0.4, 0.5) is 5.82 Å². The molecular formula is C16H14ClN3O3S. The van der Waals surface area contributed by atoms with Crippen molar-refractivity contribution in [3.63, 3.8) is 0 Å². The van der Waals surface area contributed by atoms with E-state index in [1.54, 1.807) is 6.07 Å². The first-order valence-corrected chi connectivity index (χ1v) is 8.82. The molecule has 2 N–H and O–H groups in total. The number of hydrogen-bond donors (Lipinski definition) is 2. The van der Waals surface area contributed by atoms with Gasteiger partial charge in [-0.05, 0) is 11.6 Å². The minimum Gasteiger partial charge on any atom is -0.493 e. The summed E-state index contributed by atoms with van der Waals surface area (Å²) in [6.45, 7) is 0. The number of pyridine rings is 1. The number of rotatable bonds is 5. The van der Waals surface area contributed by atoms with Gasteiger partial charge in [-0.25, -0.2) is 13.4 Å². The summed E-state index contributed by atoms with van der Waals surface area (Å²) < 4.78 is 32.6. The normalized spacial score (nSPS) is 11.2. The summed E-state index contributed by atoms with van der Waals surface area (Å²) in [4.78, 5) is 7.02. The van der Waals surface area contributed by atoms with E-state index in [1.807, 2.05) is 30.3 Å². The number of nitrogens with zero attached hydrogens (tertiary/aromatic N) is 1. The van der Waals surface area contributed by atoms with E-state index in [0.29, 0.717) is 10.7 Å². The van der Waals surface area contributed by atoms with Crippen molar-refractivity contribution in [2.45, 2.75) is 4.90 Å². The van der Waals surface area contributed by atoms with E-state index >= 15 is 0 Å². The lowest BCUT2D eigenvalue weighted by atomic mass is 10.2. The summed E-state index contributed by atoms with van der Waals surface area (Å²) in [6, 6.07) is 12.5. The molecule has 0 bridgehead atoms. The Hall–Kier alpha value is -2.51. The second kappa shape index (κ2) is 6.54. The average molecular weight is 364 g/mol. The predicted octanol–water partition coefficient (Wildman–Crippen LogP) is 3.54. The van der Waals surface area contributed by atoms with Gasteiger partial charge in [0.25, 0.3) is 10.0 Å². The molecule has 2 aromatic heterocycles. The fourth-order valence-electron chi connectivity index (χ4n) is 2.15. The monoisotopic (exact) mass is 363 g/mol. The van der Waals surface area contributed by atoms with E-state index in [9.17, 15) is 8.42 Å². The number of H-pyrrole nitrogens is 1. The Balaban J connectivity index is 1.91. The van der Waals surface area contributed by atoms with Gasteiger partial charge in [0.15, 0.2) is 11.6 Å². The maximum Gasteiger partial charge on any atom is 0.264 e. The third-order valence-electron chi connectivity index (χ3n) is 3.32. The Labute approximate surface area is 144 Å². The van der Waals surface area contributed by atoms with Crippen LogP contribution in [0.5, 0.6) is 5.75 Å². The van der Waals surface area contributed by atoms with E-state index in [0.717, 1.165) is 5.56 Å². The smallest absolute Gasteiger partial charge is 0.264 e. The molecule has 1 aromatic carbocycles. The van der Waals surface area contributed by atoms with Gasteiger partial charge >= 0.3 is 0 Å². The van der Waals surface area contributed by atoms with Gasteiger partial charge in [0.2, 0.25) is 0 Å². The number of benzene rings is 1. The first kappa shape index (κ1) is 16.4. The van der Waals surface area contributed by atoms with E-state index in [2.05, 4.69) is 14.7 Å². The SMILES string of the molecule is COc1cc(Cl)cnc1NS(=O)(=O)c1c[nH]c(-c2ccccc2)c1. The second-order valence-electron chi connectivity index (χ2n) is 4.92. The zero-order valence-corrected chi connectivity index (χ0v) is 14.2. The fourth-order valence-corrected chi connectivity index (χ4v) is 3.31. The second-order valence-corrected chi connectivity index (χ2v) is 7.04. The molecule has 0 amide bonds. The first-order chi connectivity index (χ1) is 11.5. The molecule has 0 atom stereocenters. The molecule has 3 rings (SSSR count). The van der Waals surface area contributed by atoms with Crippen molar-refractivity contribution in [3.8, 4) is 17.0 Å². The Morgan fingerprint density at radius 1 is 1.21 bits per heavy atom. The average Bonchev–Trinajstić information content (AvgIpc) is 3.08. The molecule has 0 saturated carbocycles. The number of aromatic nitrogens is 2. The molecule has 0 aliphatic heterocycles. The van der Waals surface area contributed by atoms with Crippen LogP contribution in [0.2, 0.25) is 5.02 Å². The van der Waals surface area contributed by atoms with Gasteiger partial charge in [-0.15, -0.1) is 0 Å². The molecule has 124 valence electrons. The quantitative estimate of drug-likeness (QED) is 0.726. The number of aromatic amines is 1. The van der Waals surface area contributed by atoms with Gasteiger partial charge in [0.05, 0.1) is 12.1 Å². The molecule has 6 nitrogen and oxygen atoms in total. The van der Waals surface area contributed by atoms with Crippen molar-refractivity contribution in [2.75, 3.05) is 11.8 Å². The third-order valence-corrected chi connectivity index (χ3v) is 4.85. The van der Waals surface area contributed by atoms with Gasteiger partial charge < -0.3 is 9.72 Å². The van der Waals surface area contributed by atoms with Gasteiger partial charge in [0, 0.05) is 24.2 Å². The zero-order chi connectivity index (χ0) is 17.2. The summed E-state index contributed by atoms with van der Waals surface area (Å²) in [5, 5.41) is 0.350. The highest BCUT2D eigenvalue weighted by atomic mass is 35.5. The number of hydrogen-bond acceptors (Lipinski definition) is 4. The van der Waals surface area contributed by atoms with Crippen molar-refractivity contribution in [1.29, 1.82) is 0 Å². The number of sulfonamides is 1. The first-order valence-electron chi connectivity index (χ1n) is 6.96. The van der Waals surface area contributed by atoms with Gasteiger partial charge in [-0.2, -0.15) is 0 Å². The fraction of sp³-hybridized carbons (Fsp3) is 0.0625. The van der Waals surface area contributed by atoms with Crippen molar-refractivity contribution >= 4 is 27.4 Å². The van der Waals surface area contributed by atoms with Crippen LogP contribution in [0.25, 0.3) is 11.3 Å². The Morgan fingerprint density at radius 3 is 2.67 bits per heavy atom. The molecule has 8 heteroatoms. The molecule has 3 aromatic rings. The number of halogens is 1. The summed E-state index contributed by atoms with van der Waals surface area (Å²) in [5.74, 6) is 0.314. The number of anilines is 1. The van der Waals surface area contributed by atoms with Crippen LogP contribution in [0, 0.1) is 0 Å². The Bertz CT molecular complexity index is 956. The summed E-state index contributed by atoms with van der Waals surface area (Å²) >= 11 is 5.83. The molecule has 2 heterocycles. The molecule has 0 aliphatic rings. The van der Waals surface area contributed by atoms with E-state index in [1.165, 1.54) is 25.6 Å². The lowest BCUT2D eigenvalue weighted by Gasteiger charge is -2.09. The summed E-state index contributed by atoms with van der Waals surface area (Å²) in [6.07, 6.45) is 2.77. The van der Waals surface area contributed by atoms with Crippen molar-refractivity contribution in [3.05, 3.63) is 59.9 Å². The maximum atomic E-state index is 12.5. The van der Waals surface area contributed by atoms with Crippen molar-refractivity contribution < 1.29 is 13.2 Å². The van der Waals surface area contributed by atoms with E-state index < -0.39 is 10.0 Å². The van der Waals surface area contributed by atoms with Gasteiger partial charge in [-0.3, -0.25) is 4.72 Å². The molecule has 0 aliphatic carbocycles. The molecule has 0 fully saturated rings.